The number of methoxy groups -OCH3 is 1. The summed E-state index contributed by atoms with van der Waals surface area (Å²) in [6.07, 6.45) is 1.60. The number of nitrogen functional groups attached to an aromatic ring is 1. The molecule has 3 N–H and O–H groups in total. The Kier molecular flexibility index (Phi) is 3.13. The quantitative estimate of drug-likeness (QED) is 0.857. The second-order valence-electron chi connectivity index (χ2n) is 4.78. The number of carbonyl (C=O) groups excluding carboxylic acids is 1. The fourth-order valence-electron chi connectivity index (χ4n) is 2.35. The van der Waals surface area contributed by atoms with E-state index in [1.807, 2.05) is 0 Å². The van der Waals surface area contributed by atoms with E-state index in [1.165, 1.54) is 7.11 Å². The zero-order chi connectivity index (χ0) is 15.0. The van der Waals surface area contributed by atoms with Crippen molar-refractivity contribution >= 4 is 17.5 Å². The van der Waals surface area contributed by atoms with Crippen LogP contribution in [0.25, 0.3) is 0 Å². The molecule has 1 aliphatic heterocycles. The molecular formula is C13H16N6O2. The van der Waals surface area contributed by atoms with Gasteiger partial charge in [0.1, 0.15) is 11.5 Å². The van der Waals surface area contributed by atoms with E-state index in [9.17, 15) is 4.79 Å². The third-order valence-corrected chi connectivity index (χ3v) is 3.46. The van der Waals surface area contributed by atoms with E-state index in [1.54, 1.807) is 35.0 Å². The van der Waals surface area contributed by atoms with E-state index in [2.05, 4.69) is 15.4 Å². The molecule has 8 heteroatoms. The molecule has 0 aromatic carbocycles. The maximum atomic E-state index is 12.3. The summed E-state index contributed by atoms with van der Waals surface area (Å²) in [7, 11) is 3.30. The molecule has 0 saturated carbocycles. The monoisotopic (exact) mass is 288 g/mol. The number of aromatic nitrogens is 3. The Morgan fingerprint density at radius 2 is 2.29 bits per heavy atom. The first-order valence-electron chi connectivity index (χ1n) is 6.45. The molecule has 21 heavy (non-hydrogen) atoms. The van der Waals surface area contributed by atoms with Crippen molar-refractivity contribution in [2.75, 3.05) is 18.2 Å². The summed E-state index contributed by atoms with van der Waals surface area (Å²) in [6, 6.07) is 3.23. The van der Waals surface area contributed by atoms with Crippen molar-refractivity contribution in [3.63, 3.8) is 0 Å². The lowest BCUT2D eigenvalue weighted by Crippen LogP contribution is -2.31. The van der Waals surface area contributed by atoms with Gasteiger partial charge in [-0.1, -0.05) is 0 Å². The molecule has 0 radical (unpaired) electrons. The first-order chi connectivity index (χ1) is 10.1. The highest BCUT2D eigenvalue weighted by molar-refractivity contribution is 5.91. The van der Waals surface area contributed by atoms with Gasteiger partial charge < -0.3 is 20.7 Å². The summed E-state index contributed by atoms with van der Waals surface area (Å²) in [4.78, 5) is 18.0. The van der Waals surface area contributed by atoms with Gasteiger partial charge in [-0.2, -0.15) is 5.10 Å². The van der Waals surface area contributed by atoms with Crippen LogP contribution in [0.4, 0.5) is 16.3 Å². The number of nitrogens with two attached hydrogens (primary N) is 1. The lowest BCUT2D eigenvalue weighted by molar-refractivity contribution is 0.211. The normalized spacial score (nSPS) is 13.1. The number of hydrogen-bond donors (Lipinski definition) is 2. The Hall–Kier alpha value is -2.77. The third kappa shape index (κ3) is 2.24. The molecule has 2 aromatic rings. The Balaban J connectivity index is 1.73. The zero-order valence-electron chi connectivity index (χ0n) is 11.8. The minimum atomic E-state index is -0.235. The van der Waals surface area contributed by atoms with Crippen molar-refractivity contribution < 1.29 is 9.53 Å². The molecule has 3 heterocycles. The van der Waals surface area contributed by atoms with E-state index in [0.717, 1.165) is 11.3 Å². The van der Waals surface area contributed by atoms with Crippen LogP contribution in [-0.2, 0) is 20.1 Å². The van der Waals surface area contributed by atoms with Gasteiger partial charge in [-0.05, 0) is 12.1 Å². The van der Waals surface area contributed by atoms with Gasteiger partial charge in [0.15, 0.2) is 0 Å². The molecule has 2 amide bonds. The third-order valence-electron chi connectivity index (χ3n) is 3.46. The number of urea groups is 1. The lowest BCUT2D eigenvalue weighted by atomic mass is 10.3. The van der Waals surface area contributed by atoms with Crippen LogP contribution >= 0.6 is 0 Å². The van der Waals surface area contributed by atoms with Gasteiger partial charge >= 0.3 is 6.03 Å². The summed E-state index contributed by atoms with van der Waals surface area (Å²) in [6.45, 7) is 0.887. The van der Waals surface area contributed by atoms with Crippen molar-refractivity contribution in [3.8, 4) is 5.88 Å². The van der Waals surface area contributed by atoms with E-state index in [4.69, 9.17) is 10.5 Å². The Bertz CT molecular complexity index is 696. The van der Waals surface area contributed by atoms with Crippen molar-refractivity contribution in [2.45, 2.75) is 13.1 Å². The second kappa shape index (κ2) is 4.97. The van der Waals surface area contributed by atoms with Crippen LogP contribution in [0.1, 0.15) is 11.3 Å². The fourth-order valence-corrected chi connectivity index (χ4v) is 2.35. The average Bonchev–Trinajstić information content (AvgIpc) is 3.00. The van der Waals surface area contributed by atoms with Crippen molar-refractivity contribution in [1.29, 1.82) is 0 Å². The summed E-state index contributed by atoms with van der Waals surface area (Å²) in [5.41, 5.74) is 8.20. The topological polar surface area (TPSA) is 98.3 Å². The van der Waals surface area contributed by atoms with Crippen LogP contribution in [0, 0.1) is 0 Å². The van der Waals surface area contributed by atoms with Gasteiger partial charge in [0.25, 0.3) is 0 Å². The highest BCUT2D eigenvalue weighted by Gasteiger charge is 2.29. The molecule has 8 nitrogen and oxygen atoms in total. The first-order valence-corrected chi connectivity index (χ1v) is 6.45. The highest BCUT2D eigenvalue weighted by atomic mass is 16.5. The molecule has 110 valence electrons. The number of amides is 2. The Labute approximate surface area is 121 Å². The summed E-state index contributed by atoms with van der Waals surface area (Å²) in [5.74, 6) is 0.973. The molecule has 0 saturated heterocycles. The summed E-state index contributed by atoms with van der Waals surface area (Å²) in [5, 5.41) is 7.08. The molecule has 0 atom stereocenters. The van der Waals surface area contributed by atoms with E-state index < -0.39 is 0 Å². The van der Waals surface area contributed by atoms with Crippen LogP contribution in [0.2, 0.25) is 0 Å². The van der Waals surface area contributed by atoms with Gasteiger partial charge in [0.05, 0.1) is 25.9 Å². The highest BCUT2D eigenvalue weighted by Crippen LogP contribution is 2.28. The molecule has 0 spiro atoms. The number of fused-ring (bicyclic) bond motifs is 1. The molecule has 0 aliphatic carbocycles. The summed E-state index contributed by atoms with van der Waals surface area (Å²) < 4.78 is 6.74. The molecule has 1 aliphatic rings. The van der Waals surface area contributed by atoms with Crippen LogP contribution in [0.5, 0.6) is 5.88 Å². The van der Waals surface area contributed by atoms with Crippen LogP contribution < -0.4 is 15.8 Å². The molecule has 3 rings (SSSR count). The van der Waals surface area contributed by atoms with E-state index in [-0.39, 0.29) is 6.03 Å². The largest absolute Gasteiger partial charge is 0.480 e. The van der Waals surface area contributed by atoms with Gasteiger partial charge in [-0.15, -0.1) is 0 Å². The maximum absolute atomic E-state index is 12.3. The zero-order valence-corrected chi connectivity index (χ0v) is 11.8. The number of nitrogens with one attached hydrogen (secondary N) is 1. The van der Waals surface area contributed by atoms with Crippen molar-refractivity contribution in [1.82, 2.24) is 19.7 Å². The number of hydrogen-bond acceptors (Lipinski definition) is 5. The molecule has 2 aromatic heterocycles. The van der Waals surface area contributed by atoms with Gasteiger partial charge in [0, 0.05) is 18.8 Å². The maximum Gasteiger partial charge on any atom is 0.322 e. The predicted molar refractivity (Wildman–Crippen MR) is 76.7 cm³/mol. The van der Waals surface area contributed by atoms with Gasteiger partial charge in [-0.25, -0.2) is 9.78 Å². The smallest absolute Gasteiger partial charge is 0.322 e. The lowest BCUT2D eigenvalue weighted by Gasteiger charge is -2.17. The second-order valence-corrected chi connectivity index (χ2v) is 4.78. The Morgan fingerprint density at radius 3 is 3.00 bits per heavy atom. The molecule has 0 fully saturated rings. The van der Waals surface area contributed by atoms with Crippen molar-refractivity contribution in [3.05, 3.63) is 29.6 Å². The molecular weight excluding hydrogens is 272 g/mol. The molecule has 0 unspecified atom stereocenters. The van der Waals surface area contributed by atoms with E-state index >= 15 is 0 Å². The Morgan fingerprint density at radius 1 is 1.48 bits per heavy atom. The fraction of sp³-hybridized carbons (Fsp3) is 0.308. The average molecular weight is 288 g/mol. The first kappa shape index (κ1) is 13.2. The number of pyridine rings is 1. The minimum absolute atomic E-state index is 0.235. The number of ether oxygens (including phenoxy) is 1. The van der Waals surface area contributed by atoms with Crippen LogP contribution in [0.15, 0.2) is 18.3 Å². The summed E-state index contributed by atoms with van der Waals surface area (Å²) >= 11 is 0. The number of anilines is 2. The number of carbonyl (C=O) groups is 1. The van der Waals surface area contributed by atoms with Crippen LogP contribution in [-0.4, -0.2) is 32.8 Å². The molecule has 0 bridgehead atoms. The number of nitrogens with zero attached hydrogens (tertiary/aromatic N) is 4. The van der Waals surface area contributed by atoms with Crippen LogP contribution in [0.3, 0.4) is 0 Å². The van der Waals surface area contributed by atoms with Crippen molar-refractivity contribution in [2.24, 2.45) is 7.05 Å². The standard InChI is InChI=1S/C13H16N6O2/c1-18-11(14)8-6-19(7-10(8)17-18)13(20)16-9-4-3-5-15-12(9)21-2/h3-5H,6-7,14H2,1-2H3,(H,16,20). The minimum Gasteiger partial charge on any atom is -0.480 e. The predicted octanol–water partition coefficient (Wildman–Crippen LogP) is 0.954. The number of rotatable bonds is 2. The van der Waals surface area contributed by atoms with Gasteiger partial charge in [-0.3, -0.25) is 4.68 Å². The van der Waals surface area contributed by atoms with Gasteiger partial charge in [0.2, 0.25) is 5.88 Å². The van der Waals surface area contributed by atoms with E-state index in [0.29, 0.717) is 30.5 Å². The number of aryl methyl sites for hydroxylation is 1. The SMILES string of the molecule is COc1ncccc1NC(=O)N1Cc2nn(C)c(N)c2C1.